The molecule has 1 saturated heterocycles. The van der Waals surface area contributed by atoms with E-state index in [4.69, 9.17) is 4.74 Å². The molecule has 6 nitrogen and oxygen atoms in total. The molecule has 4 atom stereocenters. The van der Waals surface area contributed by atoms with Gasteiger partial charge >= 0.3 is 6.18 Å². The zero-order chi connectivity index (χ0) is 32.1. The summed E-state index contributed by atoms with van der Waals surface area (Å²) in [4.78, 5) is -0.460. The maximum Gasteiger partial charge on any atom is 0.416 e. The highest BCUT2D eigenvalue weighted by molar-refractivity contribution is 7.92. The molecule has 2 fully saturated rings. The Morgan fingerprint density at radius 2 is 1.66 bits per heavy atom. The monoisotopic (exact) mass is 657 g/mol. The van der Waals surface area contributed by atoms with E-state index in [0.29, 0.717) is 23.4 Å². The fourth-order valence-electron chi connectivity index (χ4n) is 6.76. The molecule has 3 aromatic rings. The summed E-state index contributed by atoms with van der Waals surface area (Å²) in [5, 5.41) is -0.844. The fraction of sp³-hybridized carbons (Fsp3) is 0.419. The molecular formula is C31H32F5NO5S2. The van der Waals surface area contributed by atoms with Crippen LogP contribution in [0.4, 0.5) is 22.0 Å². The van der Waals surface area contributed by atoms with Crippen LogP contribution in [0.1, 0.15) is 55.7 Å². The van der Waals surface area contributed by atoms with Crippen molar-refractivity contribution in [3.63, 3.8) is 0 Å². The zero-order valence-electron chi connectivity index (χ0n) is 24.0. The second-order valence-electron chi connectivity index (χ2n) is 11.4. The lowest BCUT2D eigenvalue weighted by molar-refractivity contribution is -0.137. The van der Waals surface area contributed by atoms with E-state index in [-0.39, 0.29) is 38.6 Å². The van der Waals surface area contributed by atoms with Gasteiger partial charge in [0, 0.05) is 18.2 Å². The van der Waals surface area contributed by atoms with Crippen molar-refractivity contribution in [2.75, 3.05) is 7.11 Å². The van der Waals surface area contributed by atoms with E-state index in [1.807, 2.05) is 0 Å². The summed E-state index contributed by atoms with van der Waals surface area (Å²) in [5.41, 5.74) is -0.780. The lowest BCUT2D eigenvalue weighted by atomic mass is 9.72. The second-order valence-corrected chi connectivity index (χ2v) is 15.8. The van der Waals surface area contributed by atoms with Gasteiger partial charge in [-0.15, -0.1) is 0 Å². The summed E-state index contributed by atoms with van der Waals surface area (Å²) < 4.78 is 131. The van der Waals surface area contributed by atoms with Gasteiger partial charge in [-0.3, -0.25) is 0 Å². The molecule has 0 unspecified atom stereocenters. The van der Waals surface area contributed by atoms with Crippen molar-refractivity contribution in [1.82, 2.24) is 4.31 Å². The molecule has 1 aliphatic heterocycles. The van der Waals surface area contributed by atoms with Gasteiger partial charge in [-0.1, -0.05) is 19.1 Å². The normalized spacial score (nSPS) is 25.8. The SMILES string of the molecule is CC[C@H]1C[C@H]2C[C@@](c3cc(F)ccc3F)(S(=O)(=O)c3ccc(C(F)(F)F)cc3)CC[C@H]2N(Cc2ccc(OC)cc2)S1(=O)=O. The summed E-state index contributed by atoms with van der Waals surface area (Å²) in [6, 6.07) is 11.7. The Kier molecular flexibility index (Phi) is 8.62. The summed E-state index contributed by atoms with van der Waals surface area (Å²) >= 11 is 0. The molecule has 44 heavy (non-hydrogen) atoms. The molecule has 2 aliphatic rings. The van der Waals surface area contributed by atoms with Gasteiger partial charge in [0.25, 0.3) is 0 Å². The van der Waals surface area contributed by atoms with Gasteiger partial charge in [-0.25, -0.2) is 25.6 Å². The molecule has 1 aliphatic carbocycles. The van der Waals surface area contributed by atoms with Crippen molar-refractivity contribution in [3.05, 3.63) is 95.1 Å². The maximum atomic E-state index is 15.5. The third-order valence-corrected chi connectivity index (χ3v) is 14.0. The highest BCUT2D eigenvalue weighted by Gasteiger charge is 2.57. The standard InChI is InChI=1S/C31H32F5NO5S2/c1-3-25-16-21-18-30(27-17-23(32)8-13-28(27)33,43(38,39)26-11-6-22(7-12-26)31(34,35)36)15-14-29(21)37(44(25,40)41)19-20-4-9-24(42-2)10-5-20/h4-13,17,21,25,29H,3,14-16,18-19H2,1-2H3/t21-,25-,29+,30-/m0/s1. The number of hydrogen-bond donors (Lipinski definition) is 0. The second kappa shape index (κ2) is 11.7. The van der Waals surface area contributed by atoms with E-state index in [0.717, 1.165) is 30.3 Å². The number of alkyl halides is 3. The quantitative estimate of drug-likeness (QED) is 0.260. The molecular weight excluding hydrogens is 625 g/mol. The van der Waals surface area contributed by atoms with E-state index in [2.05, 4.69) is 0 Å². The van der Waals surface area contributed by atoms with Crippen LogP contribution in [0.25, 0.3) is 0 Å². The average Bonchev–Trinajstić information content (AvgIpc) is 2.99. The first kappa shape index (κ1) is 32.4. The largest absolute Gasteiger partial charge is 0.497 e. The Bertz CT molecular complexity index is 1730. The minimum atomic E-state index is -4.71. The Morgan fingerprint density at radius 1 is 1.00 bits per heavy atom. The number of benzene rings is 3. The van der Waals surface area contributed by atoms with Gasteiger partial charge in [0.05, 0.1) is 22.8 Å². The van der Waals surface area contributed by atoms with Crippen molar-refractivity contribution in [2.45, 2.75) is 72.7 Å². The van der Waals surface area contributed by atoms with Crippen LogP contribution < -0.4 is 4.74 Å². The number of sulfonamides is 1. The van der Waals surface area contributed by atoms with Gasteiger partial charge in [-0.2, -0.15) is 17.5 Å². The van der Waals surface area contributed by atoms with Crippen LogP contribution in [0.5, 0.6) is 5.75 Å². The first-order chi connectivity index (χ1) is 20.6. The number of sulfone groups is 1. The Morgan fingerprint density at radius 3 is 2.25 bits per heavy atom. The Hall–Kier alpha value is -3.03. The van der Waals surface area contributed by atoms with Gasteiger partial charge < -0.3 is 4.74 Å². The van der Waals surface area contributed by atoms with Crippen molar-refractivity contribution < 1.29 is 43.5 Å². The highest BCUT2D eigenvalue weighted by atomic mass is 32.2. The van der Waals surface area contributed by atoms with Crippen molar-refractivity contribution in [1.29, 1.82) is 0 Å². The molecule has 0 N–H and O–H groups in total. The molecule has 0 aromatic heterocycles. The summed E-state index contributed by atoms with van der Waals surface area (Å²) in [6.45, 7) is 1.74. The smallest absolute Gasteiger partial charge is 0.416 e. The third-order valence-electron chi connectivity index (χ3n) is 9.04. The minimum Gasteiger partial charge on any atom is -0.497 e. The topological polar surface area (TPSA) is 80.8 Å². The third kappa shape index (κ3) is 5.62. The molecule has 1 saturated carbocycles. The van der Waals surface area contributed by atoms with E-state index in [9.17, 15) is 34.4 Å². The van der Waals surface area contributed by atoms with Crippen LogP contribution in [0.3, 0.4) is 0 Å². The van der Waals surface area contributed by atoms with Crippen molar-refractivity contribution in [2.24, 2.45) is 5.92 Å². The fourth-order valence-corrected chi connectivity index (χ4v) is 11.3. The van der Waals surface area contributed by atoms with E-state index >= 15 is 4.39 Å². The Labute approximate surface area is 253 Å². The van der Waals surface area contributed by atoms with Crippen LogP contribution >= 0.6 is 0 Å². The number of methoxy groups -OCH3 is 1. The van der Waals surface area contributed by atoms with Crippen molar-refractivity contribution in [3.8, 4) is 5.75 Å². The number of nitrogens with zero attached hydrogens (tertiary/aromatic N) is 1. The lowest BCUT2D eigenvalue weighted by Crippen LogP contribution is -2.58. The van der Waals surface area contributed by atoms with Gasteiger partial charge in [-0.05, 0) is 98.2 Å². The van der Waals surface area contributed by atoms with Crippen molar-refractivity contribution >= 4 is 19.9 Å². The zero-order valence-corrected chi connectivity index (χ0v) is 25.7. The lowest BCUT2D eigenvalue weighted by Gasteiger charge is -2.51. The molecule has 238 valence electrons. The molecule has 13 heteroatoms. The maximum absolute atomic E-state index is 15.5. The summed E-state index contributed by atoms with van der Waals surface area (Å²) in [7, 11) is -6.92. The van der Waals surface area contributed by atoms with E-state index in [1.165, 1.54) is 11.4 Å². The van der Waals surface area contributed by atoms with Crippen LogP contribution in [0.2, 0.25) is 0 Å². The number of hydrogen-bond acceptors (Lipinski definition) is 5. The number of ether oxygens (including phenoxy) is 1. The minimum absolute atomic E-state index is 0.00625. The molecule has 5 rings (SSSR count). The van der Waals surface area contributed by atoms with Crippen LogP contribution in [0.15, 0.2) is 71.6 Å². The highest BCUT2D eigenvalue weighted by Crippen LogP contribution is 2.54. The predicted octanol–water partition coefficient (Wildman–Crippen LogP) is 6.84. The van der Waals surface area contributed by atoms with E-state index in [1.54, 1.807) is 31.2 Å². The summed E-state index contributed by atoms with van der Waals surface area (Å²) in [5.74, 6) is -1.81. The predicted molar refractivity (Wildman–Crippen MR) is 154 cm³/mol. The first-order valence-electron chi connectivity index (χ1n) is 14.1. The van der Waals surface area contributed by atoms with Gasteiger partial charge in [0.2, 0.25) is 10.0 Å². The molecule has 0 bridgehead atoms. The van der Waals surface area contributed by atoms with E-state index < -0.39 is 75.7 Å². The van der Waals surface area contributed by atoms with Crippen LogP contribution in [-0.4, -0.2) is 39.5 Å². The van der Waals surface area contributed by atoms with Crippen LogP contribution in [-0.2, 0) is 37.3 Å². The number of fused-ring (bicyclic) bond motifs is 1. The number of rotatable bonds is 7. The van der Waals surface area contributed by atoms with Crippen LogP contribution in [0, 0.1) is 17.6 Å². The average molecular weight is 658 g/mol. The molecule has 0 radical (unpaired) electrons. The molecule has 0 spiro atoms. The molecule has 1 heterocycles. The van der Waals surface area contributed by atoms with Gasteiger partial charge in [0.15, 0.2) is 9.84 Å². The number of halogens is 5. The first-order valence-corrected chi connectivity index (χ1v) is 17.1. The summed E-state index contributed by atoms with van der Waals surface area (Å²) in [6.07, 6.45) is -4.87. The molecule has 3 aromatic carbocycles. The van der Waals surface area contributed by atoms with Gasteiger partial charge in [0.1, 0.15) is 22.1 Å². The molecule has 0 amide bonds. The Balaban J connectivity index is 1.60.